The first kappa shape index (κ1) is 16.3. The molecule has 0 N–H and O–H groups in total. The number of carbonyl (C=O) groups excluding carboxylic acids is 1. The highest BCUT2D eigenvalue weighted by Gasteiger charge is 2.17. The van der Waals surface area contributed by atoms with Crippen LogP contribution in [0.3, 0.4) is 0 Å². The lowest BCUT2D eigenvalue weighted by molar-refractivity contribution is 0.0508. The predicted molar refractivity (Wildman–Crippen MR) is 91.5 cm³/mol. The van der Waals surface area contributed by atoms with Gasteiger partial charge in [0, 0.05) is 23.1 Å². The summed E-state index contributed by atoms with van der Waals surface area (Å²) in [6, 6.07) is 9.20. The van der Waals surface area contributed by atoms with Crippen LogP contribution in [0.1, 0.15) is 21.0 Å². The van der Waals surface area contributed by atoms with Crippen LogP contribution >= 0.6 is 11.3 Å². The first-order chi connectivity index (χ1) is 11.7. The van der Waals surface area contributed by atoms with E-state index in [9.17, 15) is 4.79 Å². The largest absolute Gasteiger partial charge is 0.497 e. The van der Waals surface area contributed by atoms with Gasteiger partial charge in [0.15, 0.2) is 0 Å². The summed E-state index contributed by atoms with van der Waals surface area (Å²) in [5.41, 5.74) is 3.05. The van der Waals surface area contributed by atoms with Gasteiger partial charge in [-0.05, 0) is 25.1 Å². The molecule has 0 aliphatic carbocycles. The Bertz CT molecular complexity index is 823. The molecule has 0 unspecified atom stereocenters. The Morgan fingerprint density at radius 3 is 2.96 bits per heavy atom. The molecule has 2 heterocycles. The Balaban J connectivity index is 1.69. The van der Waals surface area contributed by atoms with Crippen LogP contribution in [0, 0.1) is 6.92 Å². The van der Waals surface area contributed by atoms with Crippen LogP contribution in [-0.4, -0.2) is 24.7 Å². The zero-order valence-electron chi connectivity index (χ0n) is 13.4. The zero-order chi connectivity index (χ0) is 16.9. The third kappa shape index (κ3) is 3.65. The fourth-order valence-corrected chi connectivity index (χ4v) is 2.87. The van der Waals surface area contributed by atoms with Gasteiger partial charge in [0.2, 0.25) is 0 Å². The zero-order valence-corrected chi connectivity index (χ0v) is 14.3. The average molecular weight is 343 g/mol. The maximum Gasteiger partial charge on any atom is 0.341 e. The Morgan fingerprint density at radius 2 is 2.21 bits per heavy atom. The summed E-state index contributed by atoms with van der Waals surface area (Å²) < 4.78 is 16.3. The second-order valence-electron chi connectivity index (χ2n) is 5.17. The van der Waals surface area contributed by atoms with Crippen LogP contribution in [0.5, 0.6) is 5.75 Å². The van der Waals surface area contributed by atoms with Crippen LogP contribution in [0.15, 0.2) is 46.5 Å². The van der Waals surface area contributed by atoms with Gasteiger partial charge in [0.05, 0.1) is 19.2 Å². The smallest absolute Gasteiger partial charge is 0.341 e. The summed E-state index contributed by atoms with van der Waals surface area (Å²) in [5, 5.41) is 0. The molecule has 0 fully saturated rings. The molecular weight excluding hydrogens is 326 g/mol. The molecule has 0 saturated heterocycles. The number of nitrogens with zero attached hydrogens (tertiary/aromatic N) is 1. The van der Waals surface area contributed by atoms with Gasteiger partial charge in [-0.2, -0.15) is 0 Å². The van der Waals surface area contributed by atoms with Gasteiger partial charge in [0.1, 0.15) is 22.8 Å². The van der Waals surface area contributed by atoms with Gasteiger partial charge < -0.3 is 13.9 Å². The maximum absolute atomic E-state index is 12.2. The van der Waals surface area contributed by atoms with Crippen molar-refractivity contribution >= 4 is 17.3 Å². The molecule has 124 valence electrons. The minimum atomic E-state index is -0.380. The lowest BCUT2D eigenvalue weighted by atomic mass is 10.1. The van der Waals surface area contributed by atoms with Gasteiger partial charge in [-0.15, -0.1) is 11.3 Å². The molecule has 0 spiro atoms. The van der Waals surface area contributed by atoms with Crippen LogP contribution < -0.4 is 4.74 Å². The summed E-state index contributed by atoms with van der Waals surface area (Å²) >= 11 is 1.55. The molecule has 0 radical (unpaired) electrons. The van der Waals surface area contributed by atoms with Gasteiger partial charge in [0.25, 0.3) is 0 Å². The molecule has 0 aliphatic heterocycles. The van der Waals surface area contributed by atoms with Gasteiger partial charge >= 0.3 is 5.97 Å². The lowest BCUT2D eigenvalue weighted by Gasteiger charge is -2.02. The number of methoxy groups -OCH3 is 1. The molecule has 5 nitrogen and oxygen atoms in total. The molecule has 0 atom stereocenters. The number of aryl methyl sites for hydroxylation is 1. The van der Waals surface area contributed by atoms with Gasteiger partial charge in [-0.25, -0.2) is 4.79 Å². The average Bonchev–Trinajstić information content (AvgIpc) is 3.24. The maximum atomic E-state index is 12.2. The Hall–Kier alpha value is -2.60. The van der Waals surface area contributed by atoms with Crippen LogP contribution in [0.4, 0.5) is 0 Å². The molecule has 0 aliphatic rings. The van der Waals surface area contributed by atoms with Crippen LogP contribution in [0.2, 0.25) is 0 Å². The van der Waals surface area contributed by atoms with Crippen molar-refractivity contribution in [2.75, 3.05) is 13.7 Å². The number of carbonyl (C=O) groups is 1. The van der Waals surface area contributed by atoms with Gasteiger partial charge in [-0.1, -0.05) is 12.1 Å². The van der Waals surface area contributed by atoms with Crippen molar-refractivity contribution in [1.82, 2.24) is 4.98 Å². The standard InChI is InChI=1S/C18H17NO4S/c1-12-16(18(20)22-7-6-15-10-19-11-24-15)9-17(23-12)13-4-3-5-14(8-13)21-2/h3-5,8-11H,6-7H2,1-2H3. The summed E-state index contributed by atoms with van der Waals surface area (Å²) in [4.78, 5) is 17.3. The van der Waals surface area contributed by atoms with Crippen molar-refractivity contribution in [1.29, 1.82) is 0 Å². The molecule has 6 heteroatoms. The lowest BCUT2D eigenvalue weighted by Crippen LogP contribution is -2.07. The molecule has 0 bridgehead atoms. The molecule has 2 aromatic heterocycles. The van der Waals surface area contributed by atoms with Crippen molar-refractivity contribution in [2.45, 2.75) is 13.3 Å². The first-order valence-electron chi connectivity index (χ1n) is 7.46. The third-order valence-corrected chi connectivity index (χ3v) is 4.40. The third-order valence-electron chi connectivity index (χ3n) is 3.56. The van der Waals surface area contributed by atoms with Crippen molar-refractivity contribution < 1.29 is 18.7 Å². The van der Waals surface area contributed by atoms with Crippen LogP contribution in [-0.2, 0) is 11.2 Å². The van der Waals surface area contributed by atoms with E-state index in [1.807, 2.05) is 24.3 Å². The van der Waals surface area contributed by atoms with E-state index in [-0.39, 0.29) is 5.97 Å². The van der Waals surface area contributed by atoms with Crippen molar-refractivity contribution in [2.24, 2.45) is 0 Å². The number of thiazole rings is 1. The van der Waals surface area contributed by atoms with E-state index in [2.05, 4.69) is 4.98 Å². The molecule has 0 saturated carbocycles. The first-order valence-corrected chi connectivity index (χ1v) is 8.34. The predicted octanol–water partition coefficient (Wildman–Crippen LogP) is 4.12. The number of furan rings is 1. The van der Waals surface area contributed by atoms with Crippen molar-refractivity contribution in [3.63, 3.8) is 0 Å². The Morgan fingerprint density at radius 1 is 1.33 bits per heavy atom. The van der Waals surface area contributed by atoms with E-state index >= 15 is 0 Å². The molecule has 3 aromatic rings. The normalized spacial score (nSPS) is 10.6. The summed E-state index contributed by atoms with van der Waals surface area (Å²) in [7, 11) is 1.61. The number of hydrogen-bond donors (Lipinski definition) is 0. The van der Waals surface area contributed by atoms with E-state index in [0.29, 0.717) is 30.1 Å². The van der Waals surface area contributed by atoms with E-state index in [4.69, 9.17) is 13.9 Å². The second-order valence-corrected chi connectivity index (χ2v) is 6.14. The van der Waals surface area contributed by atoms with E-state index in [1.165, 1.54) is 0 Å². The second kappa shape index (κ2) is 7.31. The monoisotopic (exact) mass is 343 g/mol. The Labute approximate surface area is 143 Å². The molecule has 3 rings (SSSR count). The highest BCUT2D eigenvalue weighted by Crippen LogP contribution is 2.28. The van der Waals surface area contributed by atoms with Gasteiger partial charge in [-0.3, -0.25) is 4.98 Å². The Kier molecular flexibility index (Phi) is 4.96. The number of ether oxygens (including phenoxy) is 2. The van der Waals surface area contributed by atoms with Crippen molar-refractivity contribution in [3.8, 4) is 17.1 Å². The van der Waals surface area contributed by atoms with E-state index in [1.54, 1.807) is 43.1 Å². The van der Waals surface area contributed by atoms with Crippen LogP contribution in [0.25, 0.3) is 11.3 Å². The quantitative estimate of drug-likeness (QED) is 0.630. The minimum absolute atomic E-state index is 0.320. The fraction of sp³-hybridized carbons (Fsp3) is 0.222. The summed E-state index contributed by atoms with van der Waals surface area (Å²) in [5.74, 6) is 1.50. The van der Waals surface area contributed by atoms with E-state index < -0.39 is 0 Å². The molecule has 1 aromatic carbocycles. The van der Waals surface area contributed by atoms with E-state index in [0.717, 1.165) is 16.2 Å². The summed E-state index contributed by atoms with van der Waals surface area (Å²) in [6.07, 6.45) is 2.44. The SMILES string of the molecule is COc1cccc(-c2cc(C(=O)OCCc3cncs3)c(C)o2)c1. The number of rotatable bonds is 6. The molecular formula is C18H17NO4S. The number of esters is 1. The number of benzene rings is 1. The number of hydrogen-bond acceptors (Lipinski definition) is 6. The topological polar surface area (TPSA) is 61.6 Å². The number of aromatic nitrogens is 1. The highest BCUT2D eigenvalue weighted by atomic mass is 32.1. The highest BCUT2D eigenvalue weighted by molar-refractivity contribution is 7.09. The fourth-order valence-electron chi connectivity index (χ4n) is 2.29. The molecule has 0 amide bonds. The minimum Gasteiger partial charge on any atom is -0.497 e. The molecule has 24 heavy (non-hydrogen) atoms. The van der Waals surface area contributed by atoms with Crippen molar-refractivity contribution in [3.05, 3.63) is 58.2 Å². The summed E-state index contributed by atoms with van der Waals surface area (Å²) in [6.45, 7) is 2.07.